The Balaban J connectivity index is 1.38. The van der Waals surface area contributed by atoms with Crippen molar-refractivity contribution in [1.29, 1.82) is 0 Å². The number of nitrogens with zero attached hydrogens (tertiary/aromatic N) is 4. The molecule has 0 unspecified atom stereocenters. The molecule has 3 aliphatic rings. The van der Waals surface area contributed by atoms with E-state index in [2.05, 4.69) is 10.3 Å². The highest BCUT2D eigenvalue weighted by Crippen LogP contribution is 2.25. The second-order valence-corrected chi connectivity index (χ2v) is 10.8. The van der Waals surface area contributed by atoms with E-state index in [1.165, 1.54) is 4.90 Å². The molecule has 3 aliphatic heterocycles. The van der Waals surface area contributed by atoms with E-state index in [1.807, 2.05) is 48.5 Å². The molecule has 3 amide bonds. The average molecular weight is 576 g/mol. The van der Waals surface area contributed by atoms with Crippen LogP contribution in [0, 0.1) is 0 Å². The highest BCUT2D eigenvalue weighted by Gasteiger charge is 2.34. The lowest BCUT2D eigenvalue weighted by molar-refractivity contribution is -0.137. The maximum absolute atomic E-state index is 13.3. The number of aliphatic hydroxyl groups is 1. The molecule has 1 fully saturated rings. The van der Waals surface area contributed by atoms with Crippen molar-refractivity contribution in [3.63, 3.8) is 0 Å². The molecular weight excluding hydrogens is 538 g/mol. The highest BCUT2D eigenvalue weighted by molar-refractivity contribution is 5.92. The van der Waals surface area contributed by atoms with Gasteiger partial charge in [-0.05, 0) is 54.7 Å². The topological polar surface area (TPSA) is 126 Å². The molecule has 2 N–H and O–H groups in total. The van der Waals surface area contributed by atoms with Crippen molar-refractivity contribution in [1.82, 2.24) is 24.7 Å². The Morgan fingerprint density at radius 1 is 1.10 bits per heavy atom. The van der Waals surface area contributed by atoms with Crippen LogP contribution in [0.15, 0.2) is 61.1 Å². The van der Waals surface area contributed by atoms with Crippen molar-refractivity contribution in [3.05, 3.63) is 77.9 Å². The smallest absolute Gasteiger partial charge is 0.274 e. The fourth-order valence-corrected chi connectivity index (χ4v) is 5.29. The minimum absolute atomic E-state index is 0.0866. The Morgan fingerprint density at radius 3 is 2.69 bits per heavy atom. The number of ether oxygens (including phenoxy) is 2. The molecule has 0 radical (unpaired) electrons. The van der Waals surface area contributed by atoms with E-state index < -0.39 is 6.04 Å². The van der Waals surface area contributed by atoms with E-state index in [0.717, 1.165) is 11.1 Å². The maximum atomic E-state index is 13.3. The molecule has 6 rings (SSSR count). The first-order chi connectivity index (χ1) is 20.4. The number of aryl methyl sites for hydroxylation is 2. The Labute approximate surface area is 245 Å². The van der Waals surface area contributed by atoms with Crippen LogP contribution >= 0.6 is 0 Å². The number of hydrogen-bond acceptors (Lipinski definition) is 7. The van der Waals surface area contributed by atoms with Crippen LogP contribution in [-0.4, -0.2) is 87.1 Å². The second kappa shape index (κ2) is 13.6. The zero-order valence-corrected chi connectivity index (χ0v) is 23.8. The van der Waals surface area contributed by atoms with E-state index >= 15 is 0 Å². The van der Waals surface area contributed by atoms with E-state index in [0.29, 0.717) is 49.6 Å². The third kappa shape index (κ3) is 7.54. The molecule has 0 saturated carbocycles. The molecule has 222 valence electrons. The number of amides is 3. The summed E-state index contributed by atoms with van der Waals surface area (Å²) in [4.78, 5) is 47.0. The Kier molecular flexibility index (Phi) is 9.50. The van der Waals surface area contributed by atoms with Gasteiger partial charge in [0, 0.05) is 45.9 Å². The number of piperidine rings is 1. The SMILES string of the molecule is Cn1cnc(C(=O)N2CC[C@@H]3OCc4cccc(c4)Oc4ccc(cc4)CCC(=O)N(CCCO)CC(=O)N[C@H]3C2)c1. The van der Waals surface area contributed by atoms with Gasteiger partial charge >= 0.3 is 0 Å². The molecule has 3 aromatic rings. The highest BCUT2D eigenvalue weighted by atomic mass is 16.5. The molecule has 42 heavy (non-hydrogen) atoms. The lowest BCUT2D eigenvalue weighted by atomic mass is 10.0. The molecule has 2 aromatic carbocycles. The van der Waals surface area contributed by atoms with Gasteiger partial charge < -0.3 is 34.3 Å². The quantitative estimate of drug-likeness (QED) is 0.489. The van der Waals surface area contributed by atoms with Gasteiger partial charge in [0.2, 0.25) is 11.8 Å². The first-order valence-electron chi connectivity index (χ1n) is 14.3. The van der Waals surface area contributed by atoms with Crippen molar-refractivity contribution in [2.45, 2.75) is 44.4 Å². The summed E-state index contributed by atoms with van der Waals surface area (Å²) in [5.74, 6) is 0.638. The molecule has 0 spiro atoms. The summed E-state index contributed by atoms with van der Waals surface area (Å²) in [5, 5.41) is 12.4. The maximum Gasteiger partial charge on any atom is 0.274 e. The van der Waals surface area contributed by atoms with Gasteiger partial charge in [0.05, 0.1) is 31.6 Å². The normalized spacial score (nSPS) is 20.1. The predicted molar refractivity (Wildman–Crippen MR) is 154 cm³/mol. The van der Waals surface area contributed by atoms with Gasteiger partial charge in [0.15, 0.2) is 0 Å². The molecule has 11 nitrogen and oxygen atoms in total. The van der Waals surface area contributed by atoms with Crippen molar-refractivity contribution < 1.29 is 29.0 Å². The van der Waals surface area contributed by atoms with Gasteiger partial charge in [0.1, 0.15) is 17.2 Å². The number of hydrogen-bond donors (Lipinski definition) is 2. The van der Waals surface area contributed by atoms with Crippen LogP contribution in [-0.2, 0) is 34.4 Å². The summed E-state index contributed by atoms with van der Waals surface area (Å²) >= 11 is 0. The predicted octanol–water partition coefficient (Wildman–Crippen LogP) is 2.29. The minimum atomic E-state index is -0.495. The Bertz CT molecular complexity index is 1390. The molecule has 4 heterocycles. The number of carbonyl (C=O) groups excluding carboxylic acids is 3. The number of aromatic nitrogens is 2. The van der Waals surface area contributed by atoms with E-state index in [-0.39, 0.29) is 56.5 Å². The largest absolute Gasteiger partial charge is 0.457 e. The molecule has 1 saturated heterocycles. The average Bonchev–Trinajstić information content (AvgIpc) is 3.43. The first-order valence-corrected chi connectivity index (χ1v) is 14.3. The molecule has 4 bridgehead atoms. The van der Waals surface area contributed by atoms with Gasteiger partial charge in [-0.25, -0.2) is 4.98 Å². The van der Waals surface area contributed by atoms with Gasteiger partial charge in [-0.2, -0.15) is 0 Å². The molecule has 2 atom stereocenters. The van der Waals surface area contributed by atoms with Crippen LogP contribution < -0.4 is 10.1 Å². The zero-order valence-electron chi connectivity index (χ0n) is 23.8. The van der Waals surface area contributed by atoms with Gasteiger partial charge in [0.25, 0.3) is 5.91 Å². The number of aliphatic hydroxyl groups excluding tert-OH is 1. The molecule has 0 aliphatic carbocycles. The van der Waals surface area contributed by atoms with Gasteiger partial charge in [-0.3, -0.25) is 14.4 Å². The summed E-state index contributed by atoms with van der Waals surface area (Å²) in [6.45, 7) is 1.02. The Morgan fingerprint density at radius 2 is 1.93 bits per heavy atom. The summed E-state index contributed by atoms with van der Waals surface area (Å²) in [6.07, 6.45) is 4.50. The van der Waals surface area contributed by atoms with Crippen molar-refractivity contribution in [3.8, 4) is 11.5 Å². The van der Waals surface area contributed by atoms with E-state index in [9.17, 15) is 19.5 Å². The number of carbonyl (C=O) groups is 3. The lowest BCUT2D eigenvalue weighted by Crippen LogP contribution is -2.58. The lowest BCUT2D eigenvalue weighted by Gasteiger charge is -2.38. The first kappa shape index (κ1) is 29.3. The van der Waals surface area contributed by atoms with E-state index in [1.54, 1.807) is 29.0 Å². The second-order valence-electron chi connectivity index (χ2n) is 10.8. The van der Waals surface area contributed by atoms with Crippen LogP contribution in [0.2, 0.25) is 0 Å². The minimum Gasteiger partial charge on any atom is -0.457 e. The molecule has 11 heteroatoms. The number of fused-ring (bicyclic) bond motifs is 9. The van der Waals surface area contributed by atoms with Crippen molar-refractivity contribution >= 4 is 17.7 Å². The number of nitrogens with one attached hydrogen (secondary N) is 1. The zero-order chi connectivity index (χ0) is 29.5. The Hall–Kier alpha value is -4.22. The summed E-state index contributed by atoms with van der Waals surface area (Å²) < 4.78 is 14.1. The number of imidazole rings is 1. The van der Waals surface area contributed by atoms with Crippen molar-refractivity contribution in [2.24, 2.45) is 7.05 Å². The van der Waals surface area contributed by atoms with Crippen LogP contribution in [0.5, 0.6) is 11.5 Å². The number of rotatable bonds is 4. The summed E-state index contributed by atoms with van der Waals surface area (Å²) in [5.41, 5.74) is 2.23. The van der Waals surface area contributed by atoms with Gasteiger partial charge in [-0.1, -0.05) is 24.3 Å². The van der Waals surface area contributed by atoms with Crippen LogP contribution in [0.3, 0.4) is 0 Å². The monoisotopic (exact) mass is 575 g/mol. The number of benzene rings is 2. The summed E-state index contributed by atoms with van der Waals surface area (Å²) in [7, 11) is 1.80. The van der Waals surface area contributed by atoms with Crippen LogP contribution in [0.25, 0.3) is 0 Å². The molecule has 1 aromatic heterocycles. The molecular formula is C31H37N5O6. The number of likely N-dealkylation sites (tertiary alicyclic amines) is 1. The van der Waals surface area contributed by atoms with Crippen LogP contribution in [0.1, 0.15) is 40.9 Å². The van der Waals surface area contributed by atoms with Crippen molar-refractivity contribution in [2.75, 3.05) is 32.8 Å². The third-order valence-corrected chi connectivity index (χ3v) is 7.53. The standard InChI is InChI=1S/C31H37N5O6/c1-34-17-27(32-21-34)31(40)36-14-12-28-26(18-36)33-29(38)19-35(13-3-15-37)30(39)11-8-22-6-9-24(10-7-22)42-25-5-2-4-23(16-25)20-41-28/h2,4-7,9-10,16-17,21,26,28,37H,3,8,11-15,18-20H2,1H3,(H,33,38)/t26-,28-/m0/s1. The summed E-state index contributed by atoms with van der Waals surface area (Å²) in [6, 6.07) is 14.8. The fourth-order valence-electron chi connectivity index (χ4n) is 5.29. The fraction of sp³-hybridized carbons (Fsp3) is 0.419. The van der Waals surface area contributed by atoms with Gasteiger partial charge in [-0.15, -0.1) is 0 Å². The van der Waals surface area contributed by atoms with E-state index in [4.69, 9.17) is 9.47 Å². The van der Waals surface area contributed by atoms with Crippen LogP contribution in [0.4, 0.5) is 0 Å². The third-order valence-electron chi connectivity index (χ3n) is 7.53.